The Morgan fingerprint density at radius 2 is 1.94 bits per heavy atom. The van der Waals surface area contributed by atoms with E-state index in [-0.39, 0.29) is 11.5 Å². The highest BCUT2D eigenvalue weighted by Crippen LogP contribution is 2.26. The number of rotatable bonds is 5. The molecule has 0 spiro atoms. The van der Waals surface area contributed by atoms with E-state index in [0.29, 0.717) is 21.7 Å². The third-order valence-electron chi connectivity index (χ3n) is 5.76. The molecule has 0 saturated carbocycles. The molecule has 0 fully saturated rings. The first-order valence-corrected chi connectivity index (χ1v) is 11.7. The normalized spacial score (nSPS) is 12.7. The summed E-state index contributed by atoms with van der Waals surface area (Å²) in [5.74, 6) is 0.743. The number of fused-ring (bicyclic) bond motifs is 1. The van der Waals surface area contributed by atoms with Crippen LogP contribution in [-0.2, 0) is 0 Å². The van der Waals surface area contributed by atoms with E-state index in [1.807, 2.05) is 56.3 Å². The van der Waals surface area contributed by atoms with Gasteiger partial charge in [-0.2, -0.15) is 9.78 Å². The number of para-hydroxylation sites is 1. The Morgan fingerprint density at radius 3 is 2.66 bits per heavy atom. The van der Waals surface area contributed by atoms with Gasteiger partial charge in [-0.05, 0) is 56.7 Å². The van der Waals surface area contributed by atoms with Gasteiger partial charge in [0.05, 0.1) is 27.8 Å². The number of hydrogen-bond donors (Lipinski definition) is 0. The Hall–Kier alpha value is -2.70. The molecule has 2 aromatic heterocycles. The zero-order chi connectivity index (χ0) is 23.0. The second-order valence-electron chi connectivity index (χ2n) is 7.92. The van der Waals surface area contributed by atoms with E-state index in [1.54, 1.807) is 12.3 Å². The summed E-state index contributed by atoms with van der Waals surface area (Å²) in [6.07, 6.45) is 2.58. The van der Waals surface area contributed by atoms with Crippen molar-refractivity contribution in [3.8, 4) is 5.69 Å². The zero-order valence-corrected chi connectivity index (χ0v) is 20.8. The first-order chi connectivity index (χ1) is 15.3. The molecule has 1 atom stereocenters. The molecule has 0 aliphatic carbocycles. The van der Waals surface area contributed by atoms with E-state index in [1.165, 1.54) is 4.68 Å². The van der Waals surface area contributed by atoms with Gasteiger partial charge in [-0.3, -0.25) is 4.79 Å². The molecular weight excluding hydrogens is 488 g/mol. The fraction of sp³-hybridized carbons (Fsp3) is 0.240. The molecule has 0 saturated heterocycles. The van der Waals surface area contributed by atoms with Crippen LogP contribution in [0.2, 0.25) is 5.02 Å². The van der Waals surface area contributed by atoms with Crippen LogP contribution in [0.4, 0.5) is 0 Å². The predicted molar refractivity (Wildman–Crippen MR) is 136 cm³/mol. The molecule has 0 N–H and O–H groups in total. The fourth-order valence-corrected chi connectivity index (χ4v) is 4.40. The number of aryl methyl sites for hydroxylation is 1. The van der Waals surface area contributed by atoms with Gasteiger partial charge in [0.15, 0.2) is 0 Å². The maximum atomic E-state index is 13.3. The second kappa shape index (κ2) is 9.04. The summed E-state index contributed by atoms with van der Waals surface area (Å²) < 4.78 is 4.36. The Balaban J connectivity index is 1.86. The second-order valence-corrected chi connectivity index (χ2v) is 9.24. The smallest absolute Gasteiger partial charge is 0.282 e. The van der Waals surface area contributed by atoms with Crippen LogP contribution >= 0.6 is 27.5 Å². The summed E-state index contributed by atoms with van der Waals surface area (Å²) in [6.45, 7) is 8.18. The first kappa shape index (κ1) is 22.5. The molecule has 0 unspecified atom stereocenters. The van der Waals surface area contributed by atoms with Crippen molar-refractivity contribution >= 4 is 44.6 Å². The van der Waals surface area contributed by atoms with E-state index < -0.39 is 0 Å². The van der Waals surface area contributed by atoms with Gasteiger partial charge in [0, 0.05) is 27.3 Å². The average molecular weight is 512 g/mol. The van der Waals surface area contributed by atoms with Crippen LogP contribution in [0.1, 0.15) is 49.0 Å². The quantitative estimate of drug-likeness (QED) is 0.283. The van der Waals surface area contributed by atoms with E-state index in [2.05, 4.69) is 39.4 Å². The van der Waals surface area contributed by atoms with E-state index >= 15 is 0 Å². The van der Waals surface area contributed by atoms with Crippen molar-refractivity contribution in [1.29, 1.82) is 0 Å². The van der Waals surface area contributed by atoms with Crippen molar-refractivity contribution in [2.75, 3.05) is 0 Å². The fourth-order valence-electron chi connectivity index (χ4n) is 3.82. The largest absolute Gasteiger partial charge is 0.316 e. The number of nitrogens with zero attached hydrogens (tertiary/aromatic N) is 4. The van der Waals surface area contributed by atoms with Crippen molar-refractivity contribution in [3.05, 3.63) is 91.2 Å². The molecule has 2 aromatic carbocycles. The average Bonchev–Trinajstić information content (AvgIpc) is 3.06. The summed E-state index contributed by atoms with van der Waals surface area (Å²) in [6, 6.07) is 15.3. The van der Waals surface area contributed by atoms with Gasteiger partial charge < -0.3 is 4.57 Å². The molecule has 0 aliphatic rings. The van der Waals surface area contributed by atoms with Gasteiger partial charge in [-0.1, -0.05) is 53.5 Å². The Bertz CT molecular complexity index is 1400. The summed E-state index contributed by atoms with van der Waals surface area (Å²) in [5.41, 5.74) is 4.36. The van der Waals surface area contributed by atoms with E-state index in [0.717, 1.165) is 33.5 Å². The first-order valence-electron chi connectivity index (χ1n) is 10.5. The molecule has 2 heterocycles. The van der Waals surface area contributed by atoms with Gasteiger partial charge in [0.1, 0.15) is 5.82 Å². The topological polar surface area (TPSA) is 52.2 Å². The summed E-state index contributed by atoms with van der Waals surface area (Å²) in [7, 11) is 0. The van der Waals surface area contributed by atoms with Gasteiger partial charge in [-0.25, -0.2) is 4.98 Å². The lowest BCUT2D eigenvalue weighted by atomic mass is 10.1. The molecule has 5 nitrogen and oxygen atoms in total. The van der Waals surface area contributed by atoms with Crippen LogP contribution in [0, 0.1) is 13.8 Å². The predicted octanol–water partition coefficient (Wildman–Crippen LogP) is 6.62. The van der Waals surface area contributed by atoms with Gasteiger partial charge in [-0.15, -0.1) is 0 Å². The Labute approximate surface area is 200 Å². The third kappa shape index (κ3) is 4.05. The zero-order valence-electron chi connectivity index (χ0n) is 18.4. The Morgan fingerprint density at radius 1 is 1.19 bits per heavy atom. The van der Waals surface area contributed by atoms with Crippen LogP contribution in [0.25, 0.3) is 16.6 Å². The molecular formula is C25H24BrClN4O. The molecule has 164 valence electrons. The van der Waals surface area contributed by atoms with Crippen LogP contribution in [-0.4, -0.2) is 20.4 Å². The van der Waals surface area contributed by atoms with Crippen molar-refractivity contribution in [2.45, 2.75) is 40.0 Å². The van der Waals surface area contributed by atoms with Crippen molar-refractivity contribution in [1.82, 2.24) is 14.2 Å². The molecule has 32 heavy (non-hydrogen) atoms. The van der Waals surface area contributed by atoms with Crippen LogP contribution in [0.5, 0.6) is 0 Å². The van der Waals surface area contributed by atoms with Crippen molar-refractivity contribution < 1.29 is 0 Å². The molecule has 4 aromatic rings. The molecule has 0 radical (unpaired) electrons. The van der Waals surface area contributed by atoms with Crippen LogP contribution in [0.3, 0.4) is 0 Å². The lowest BCUT2D eigenvalue weighted by molar-refractivity contribution is 0.613. The number of hydrogen-bond acceptors (Lipinski definition) is 3. The van der Waals surface area contributed by atoms with Crippen LogP contribution < -0.4 is 5.56 Å². The minimum absolute atomic E-state index is 0.0865. The SMILES string of the molecule is CC[C@H](C)c1nc2ccc(Br)cc2c(=O)n1N=Cc1cc(C)n(-c2ccccc2Cl)c1C. The third-order valence-corrected chi connectivity index (χ3v) is 6.58. The van der Waals surface area contributed by atoms with Crippen molar-refractivity contribution in [2.24, 2.45) is 5.10 Å². The standard InChI is InChI=1S/C25H24BrClN4O/c1-5-15(2)24-29-22-11-10-19(26)13-20(22)25(32)31(24)28-14-18-12-16(3)30(17(18)4)23-9-7-6-8-21(23)27/h6-15H,5H2,1-4H3/t15-/m0/s1. The summed E-state index contributed by atoms with van der Waals surface area (Å²) >= 11 is 9.88. The molecule has 4 rings (SSSR count). The molecule has 0 amide bonds. The summed E-state index contributed by atoms with van der Waals surface area (Å²) in [4.78, 5) is 18.1. The minimum atomic E-state index is -0.178. The highest BCUT2D eigenvalue weighted by Gasteiger charge is 2.16. The highest BCUT2D eigenvalue weighted by atomic mass is 79.9. The van der Waals surface area contributed by atoms with Crippen molar-refractivity contribution in [3.63, 3.8) is 0 Å². The van der Waals surface area contributed by atoms with E-state index in [9.17, 15) is 4.79 Å². The minimum Gasteiger partial charge on any atom is -0.316 e. The molecule has 7 heteroatoms. The maximum Gasteiger partial charge on any atom is 0.282 e. The molecule has 0 aliphatic heterocycles. The monoisotopic (exact) mass is 510 g/mol. The molecule has 0 bridgehead atoms. The number of halogens is 2. The lowest BCUT2D eigenvalue weighted by Crippen LogP contribution is -2.23. The van der Waals surface area contributed by atoms with Crippen LogP contribution in [0.15, 0.2) is 62.9 Å². The Kier molecular flexibility index (Phi) is 6.35. The van der Waals surface area contributed by atoms with Gasteiger partial charge >= 0.3 is 0 Å². The van der Waals surface area contributed by atoms with Gasteiger partial charge in [0.25, 0.3) is 5.56 Å². The summed E-state index contributed by atoms with van der Waals surface area (Å²) in [5, 5.41) is 5.82. The lowest BCUT2D eigenvalue weighted by Gasteiger charge is -2.14. The number of benzene rings is 2. The maximum absolute atomic E-state index is 13.3. The van der Waals surface area contributed by atoms with Gasteiger partial charge in [0.2, 0.25) is 0 Å². The number of aromatic nitrogens is 3. The van der Waals surface area contributed by atoms with E-state index in [4.69, 9.17) is 16.6 Å². The highest BCUT2D eigenvalue weighted by molar-refractivity contribution is 9.10.